The highest BCUT2D eigenvalue weighted by molar-refractivity contribution is 9.10. The molecule has 0 aliphatic rings. The van der Waals surface area contributed by atoms with E-state index in [0.29, 0.717) is 12.1 Å². The quantitative estimate of drug-likeness (QED) is 0.815. The first-order valence-electron chi connectivity index (χ1n) is 5.84. The Morgan fingerprint density at radius 2 is 1.95 bits per heavy atom. The SMILES string of the molecule is CCC(N)CS(=O)(=O)CC(=O)Nc1ccc(Br)cc1. The van der Waals surface area contributed by atoms with Crippen molar-refractivity contribution in [1.82, 2.24) is 0 Å². The molecule has 0 aliphatic heterocycles. The van der Waals surface area contributed by atoms with E-state index in [2.05, 4.69) is 21.2 Å². The normalized spacial score (nSPS) is 13.0. The van der Waals surface area contributed by atoms with Crippen molar-refractivity contribution < 1.29 is 13.2 Å². The van der Waals surface area contributed by atoms with Gasteiger partial charge in [-0.05, 0) is 30.7 Å². The van der Waals surface area contributed by atoms with Gasteiger partial charge in [0.2, 0.25) is 5.91 Å². The van der Waals surface area contributed by atoms with Gasteiger partial charge < -0.3 is 11.1 Å². The summed E-state index contributed by atoms with van der Waals surface area (Å²) in [5.41, 5.74) is 6.15. The maximum Gasteiger partial charge on any atom is 0.239 e. The molecule has 0 aromatic heterocycles. The maximum atomic E-state index is 11.7. The van der Waals surface area contributed by atoms with Crippen LogP contribution in [-0.2, 0) is 14.6 Å². The molecule has 0 saturated heterocycles. The Hall–Kier alpha value is -0.920. The zero-order chi connectivity index (χ0) is 14.5. The third-order valence-corrected chi connectivity index (χ3v) is 4.64. The van der Waals surface area contributed by atoms with Gasteiger partial charge in [0.1, 0.15) is 5.75 Å². The molecule has 106 valence electrons. The van der Waals surface area contributed by atoms with Crippen molar-refractivity contribution in [3.63, 3.8) is 0 Å². The summed E-state index contributed by atoms with van der Waals surface area (Å²) in [5, 5.41) is 2.54. The molecule has 19 heavy (non-hydrogen) atoms. The van der Waals surface area contributed by atoms with Crippen LogP contribution in [0.1, 0.15) is 13.3 Å². The fourth-order valence-corrected chi connectivity index (χ4v) is 3.17. The molecule has 0 saturated carbocycles. The molecule has 0 bridgehead atoms. The largest absolute Gasteiger partial charge is 0.327 e. The predicted octanol–water partition coefficient (Wildman–Crippen LogP) is 1.54. The second kappa shape index (κ2) is 7.02. The van der Waals surface area contributed by atoms with Crippen molar-refractivity contribution in [2.24, 2.45) is 5.73 Å². The van der Waals surface area contributed by atoms with E-state index in [1.165, 1.54) is 0 Å². The van der Waals surface area contributed by atoms with Crippen molar-refractivity contribution in [3.8, 4) is 0 Å². The van der Waals surface area contributed by atoms with Crippen LogP contribution in [0.25, 0.3) is 0 Å². The zero-order valence-electron chi connectivity index (χ0n) is 10.6. The number of carbonyl (C=O) groups excluding carboxylic acids is 1. The number of amides is 1. The monoisotopic (exact) mass is 348 g/mol. The van der Waals surface area contributed by atoms with Crippen molar-refractivity contribution in [1.29, 1.82) is 0 Å². The van der Waals surface area contributed by atoms with E-state index in [-0.39, 0.29) is 5.75 Å². The van der Waals surface area contributed by atoms with Crippen LogP contribution in [0.3, 0.4) is 0 Å². The first-order valence-corrected chi connectivity index (χ1v) is 8.45. The number of hydrogen-bond acceptors (Lipinski definition) is 4. The highest BCUT2D eigenvalue weighted by atomic mass is 79.9. The molecule has 5 nitrogen and oxygen atoms in total. The molecule has 7 heteroatoms. The molecular formula is C12H17BrN2O3S. The van der Waals surface area contributed by atoms with Gasteiger partial charge in [0.25, 0.3) is 0 Å². The number of rotatable bonds is 6. The van der Waals surface area contributed by atoms with Gasteiger partial charge in [0.15, 0.2) is 9.84 Å². The van der Waals surface area contributed by atoms with Gasteiger partial charge in [-0.25, -0.2) is 8.42 Å². The molecule has 1 aromatic carbocycles. The Balaban J connectivity index is 2.57. The zero-order valence-corrected chi connectivity index (χ0v) is 13.0. The summed E-state index contributed by atoms with van der Waals surface area (Å²) < 4.78 is 24.3. The molecular weight excluding hydrogens is 332 g/mol. The molecule has 1 unspecified atom stereocenters. The topological polar surface area (TPSA) is 89.3 Å². The maximum absolute atomic E-state index is 11.7. The Labute approximate surface area is 121 Å². The number of halogens is 1. The van der Waals surface area contributed by atoms with Gasteiger partial charge >= 0.3 is 0 Å². The van der Waals surface area contributed by atoms with E-state index in [0.717, 1.165) is 4.47 Å². The summed E-state index contributed by atoms with van der Waals surface area (Å²) in [5.74, 6) is -1.26. The number of nitrogens with one attached hydrogen (secondary N) is 1. The van der Waals surface area contributed by atoms with E-state index >= 15 is 0 Å². The summed E-state index contributed by atoms with van der Waals surface area (Å²) in [6.07, 6.45) is 0.563. The standard InChI is InChI=1S/C12H17BrN2O3S/c1-2-10(14)7-19(17,18)8-12(16)15-11-5-3-9(13)4-6-11/h3-6,10H,2,7-8,14H2,1H3,(H,15,16). The second-order valence-electron chi connectivity index (χ2n) is 4.28. The number of benzene rings is 1. The Morgan fingerprint density at radius 1 is 1.37 bits per heavy atom. The van der Waals surface area contributed by atoms with Gasteiger partial charge in [-0.1, -0.05) is 22.9 Å². The average Bonchev–Trinajstić information content (AvgIpc) is 2.30. The Bertz CT molecular complexity index is 528. The summed E-state index contributed by atoms with van der Waals surface area (Å²) in [6, 6.07) is 6.47. The molecule has 3 N–H and O–H groups in total. The lowest BCUT2D eigenvalue weighted by atomic mass is 10.3. The van der Waals surface area contributed by atoms with Gasteiger partial charge in [0.05, 0.1) is 5.75 Å². The smallest absolute Gasteiger partial charge is 0.239 e. The van der Waals surface area contributed by atoms with Crippen LogP contribution in [0.15, 0.2) is 28.7 Å². The summed E-state index contributed by atoms with van der Waals surface area (Å²) in [6.45, 7) is 1.81. The predicted molar refractivity (Wildman–Crippen MR) is 79.7 cm³/mol. The van der Waals surface area contributed by atoms with Crippen molar-refractivity contribution >= 4 is 37.4 Å². The minimum Gasteiger partial charge on any atom is -0.327 e. The van der Waals surface area contributed by atoms with E-state index in [1.807, 2.05) is 6.92 Å². The lowest BCUT2D eigenvalue weighted by Gasteiger charge is -2.10. The Kier molecular flexibility index (Phi) is 5.96. The van der Waals surface area contributed by atoms with Crippen LogP contribution in [0.4, 0.5) is 5.69 Å². The van der Waals surface area contributed by atoms with Gasteiger partial charge in [-0.3, -0.25) is 4.79 Å². The molecule has 0 heterocycles. The summed E-state index contributed by atoms with van der Waals surface area (Å²) in [7, 11) is -3.47. The molecule has 1 atom stereocenters. The van der Waals surface area contributed by atoms with E-state index in [1.54, 1.807) is 24.3 Å². The minimum atomic E-state index is -3.47. The van der Waals surface area contributed by atoms with Crippen molar-refractivity contribution in [2.75, 3.05) is 16.8 Å². The fourth-order valence-electron chi connectivity index (χ4n) is 1.43. The van der Waals surface area contributed by atoms with Gasteiger partial charge in [-0.2, -0.15) is 0 Å². The number of sulfone groups is 1. The second-order valence-corrected chi connectivity index (χ2v) is 7.30. The minimum absolute atomic E-state index is 0.169. The molecule has 0 radical (unpaired) electrons. The highest BCUT2D eigenvalue weighted by Gasteiger charge is 2.19. The summed E-state index contributed by atoms with van der Waals surface area (Å²) in [4.78, 5) is 11.6. The molecule has 0 aliphatic carbocycles. The molecule has 1 aromatic rings. The van der Waals surface area contributed by atoms with E-state index < -0.39 is 27.5 Å². The highest BCUT2D eigenvalue weighted by Crippen LogP contribution is 2.14. The van der Waals surface area contributed by atoms with Gasteiger partial charge in [-0.15, -0.1) is 0 Å². The lowest BCUT2D eigenvalue weighted by molar-refractivity contribution is -0.113. The van der Waals surface area contributed by atoms with E-state index in [4.69, 9.17) is 5.73 Å². The van der Waals surface area contributed by atoms with Crippen LogP contribution in [0.2, 0.25) is 0 Å². The van der Waals surface area contributed by atoms with Crippen LogP contribution >= 0.6 is 15.9 Å². The first-order chi connectivity index (χ1) is 8.82. The third kappa shape index (κ3) is 6.17. The van der Waals surface area contributed by atoms with Crippen LogP contribution in [0.5, 0.6) is 0 Å². The average molecular weight is 349 g/mol. The number of carbonyl (C=O) groups is 1. The summed E-state index contributed by atoms with van der Waals surface area (Å²) >= 11 is 3.27. The number of hydrogen-bond donors (Lipinski definition) is 2. The van der Waals surface area contributed by atoms with Crippen LogP contribution in [-0.4, -0.2) is 31.9 Å². The van der Waals surface area contributed by atoms with Crippen molar-refractivity contribution in [2.45, 2.75) is 19.4 Å². The van der Waals surface area contributed by atoms with Crippen LogP contribution < -0.4 is 11.1 Å². The van der Waals surface area contributed by atoms with Crippen LogP contribution in [0, 0.1) is 0 Å². The first kappa shape index (κ1) is 16.1. The fraction of sp³-hybridized carbons (Fsp3) is 0.417. The number of anilines is 1. The van der Waals surface area contributed by atoms with Crippen molar-refractivity contribution in [3.05, 3.63) is 28.7 Å². The third-order valence-electron chi connectivity index (χ3n) is 2.47. The molecule has 0 spiro atoms. The molecule has 1 amide bonds. The molecule has 1 rings (SSSR count). The van der Waals surface area contributed by atoms with Gasteiger partial charge in [0, 0.05) is 16.2 Å². The number of nitrogens with two attached hydrogens (primary N) is 1. The molecule has 0 fully saturated rings. The van der Waals surface area contributed by atoms with E-state index in [9.17, 15) is 13.2 Å². The lowest BCUT2D eigenvalue weighted by Crippen LogP contribution is -2.33. The Morgan fingerprint density at radius 3 is 2.47 bits per heavy atom.